The molecule has 0 aliphatic heterocycles. The molecule has 0 spiro atoms. The number of anilines is 1. The summed E-state index contributed by atoms with van der Waals surface area (Å²) in [6.45, 7) is 3.59. The Kier molecular flexibility index (Phi) is 4.42. The third-order valence-electron chi connectivity index (χ3n) is 4.32. The normalized spacial score (nSPS) is 11.9. The van der Waals surface area contributed by atoms with E-state index in [1.165, 1.54) is 10.7 Å². The number of aliphatic hydroxyl groups is 1. The number of hydrogen-bond acceptors (Lipinski definition) is 7. The maximum atomic E-state index is 14.1. The molecule has 4 rings (SSSR count). The summed E-state index contributed by atoms with van der Waals surface area (Å²) in [5, 5.41) is 18.5. The van der Waals surface area contributed by atoms with Crippen molar-refractivity contribution in [3.05, 3.63) is 59.6 Å². The summed E-state index contributed by atoms with van der Waals surface area (Å²) in [5.41, 5.74) is 6.15. The van der Waals surface area contributed by atoms with Crippen LogP contribution in [0.3, 0.4) is 0 Å². The summed E-state index contributed by atoms with van der Waals surface area (Å²) >= 11 is 0. The van der Waals surface area contributed by atoms with Crippen LogP contribution in [0.25, 0.3) is 22.3 Å². The molecule has 0 saturated heterocycles. The van der Waals surface area contributed by atoms with Gasteiger partial charge in [0.2, 0.25) is 5.95 Å². The highest BCUT2D eigenvalue weighted by Crippen LogP contribution is 2.28. The van der Waals surface area contributed by atoms with E-state index in [2.05, 4.69) is 25.3 Å². The Morgan fingerprint density at radius 3 is 2.66 bits per heavy atom. The van der Waals surface area contributed by atoms with Gasteiger partial charge in [-0.2, -0.15) is 0 Å². The molecule has 10 heteroatoms. The van der Waals surface area contributed by atoms with Crippen molar-refractivity contribution in [1.82, 2.24) is 29.9 Å². The van der Waals surface area contributed by atoms with Gasteiger partial charge in [-0.15, -0.1) is 5.10 Å². The lowest BCUT2D eigenvalue weighted by Crippen LogP contribution is -2.18. The van der Waals surface area contributed by atoms with Crippen molar-refractivity contribution >= 4 is 16.9 Å². The minimum absolute atomic E-state index is 0.203. The summed E-state index contributed by atoms with van der Waals surface area (Å²) in [6.07, 6.45) is 1.60. The summed E-state index contributed by atoms with van der Waals surface area (Å²) in [7, 11) is 0. The molecule has 3 aromatic heterocycles. The fraction of sp³-hybridized carbons (Fsp3) is 0.211. The fourth-order valence-electron chi connectivity index (χ4n) is 2.91. The minimum atomic E-state index is -1.10. The third-order valence-corrected chi connectivity index (χ3v) is 4.32. The van der Waals surface area contributed by atoms with Gasteiger partial charge < -0.3 is 10.8 Å². The molecule has 4 aromatic rings. The average molecular weight is 397 g/mol. The Hall–Kier alpha value is -3.53. The zero-order valence-corrected chi connectivity index (χ0v) is 15.6. The van der Waals surface area contributed by atoms with Crippen LogP contribution >= 0.6 is 0 Å². The number of aromatic nitrogens is 6. The van der Waals surface area contributed by atoms with Crippen molar-refractivity contribution in [3.8, 4) is 11.4 Å². The number of fused-ring (bicyclic) bond motifs is 1. The Labute approximate surface area is 164 Å². The van der Waals surface area contributed by atoms with E-state index in [-0.39, 0.29) is 22.5 Å². The second-order valence-electron chi connectivity index (χ2n) is 7.06. The van der Waals surface area contributed by atoms with Crippen LogP contribution in [-0.4, -0.2) is 35.1 Å². The molecule has 8 nitrogen and oxygen atoms in total. The molecule has 0 radical (unpaired) electrons. The topological polar surface area (TPSA) is 116 Å². The molecular formula is C19H17F2N7O. The maximum absolute atomic E-state index is 14.1. The second kappa shape index (κ2) is 6.82. The van der Waals surface area contributed by atoms with Crippen molar-refractivity contribution in [1.29, 1.82) is 0 Å². The van der Waals surface area contributed by atoms with Gasteiger partial charge in [0.15, 0.2) is 11.6 Å². The highest BCUT2D eigenvalue weighted by Gasteiger charge is 2.19. The summed E-state index contributed by atoms with van der Waals surface area (Å²) in [6, 6.07) is 7.70. The Morgan fingerprint density at radius 2 is 1.90 bits per heavy atom. The van der Waals surface area contributed by atoms with E-state index in [0.29, 0.717) is 23.6 Å². The predicted molar refractivity (Wildman–Crippen MR) is 101 cm³/mol. The molecular weight excluding hydrogens is 380 g/mol. The van der Waals surface area contributed by atoms with Crippen molar-refractivity contribution in [2.45, 2.75) is 26.0 Å². The van der Waals surface area contributed by atoms with Crippen molar-refractivity contribution < 1.29 is 13.9 Å². The first-order chi connectivity index (χ1) is 13.7. The first-order valence-corrected chi connectivity index (χ1v) is 8.73. The molecule has 29 heavy (non-hydrogen) atoms. The Morgan fingerprint density at radius 1 is 1.10 bits per heavy atom. The van der Waals surface area contributed by atoms with E-state index in [4.69, 9.17) is 5.73 Å². The molecule has 0 amide bonds. The van der Waals surface area contributed by atoms with E-state index in [1.807, 2.05) is 0 Å². The fourth-order valence-corrected chi connectivity index (χ4v) is 2.91. The Bertz CT molecular complexity index is 1220. The smallest absolute Gasteiger partial charge is 0.221 e. The zero-order valence-electron chi connectivity index (χ0n) is 15.6. The van der Waals surface area contributed by atoms with Crippen LogP contribution < -0.4 is 5.73 Å². The molecule has 1 aromatic carbocycles. The second-order valence-corrected chi connectivity index (χ2v) is 7.06. The van der Waals surface area contributed by atoms with Gasteiger partial charge in [0, 0.05) is 5.39 Å². The quantitative estimate of drug-likeness (QED) is 0.543. The van der Waals surface area contributed by atoms with Crippen LogP contribution in [-0.2, 0) is 12.1 Å². The molecule has 3 N–H and O–H groups in total. The molecule has 0 aliphatic rings. The number of pyridine rings is 1. The number of nitrogen functional groups attached to an aromatic ring is 1. The van der Waals surface area contributed by atoms with Gasteiger partial charge in [-0.1, -0.05) is 11.3 Å². The Balaban J connectivity index is 1.71. The molecule has 0 saturated carbocycles. The summed E-state index contributed by atoms with van der Waals surface area (Å²) in [5.74, 6) is -2.33. The van der Waals surface area contributed by atoms with Crippen LogP contribution in [0.15, 0.2) is 36.5 Å². The number of benzene rings is 1. The molecule has 3 heterocycles. The number of nitrogens with two attached hydrogens (primary N) is 1. The van der Waals surface area contributed by atoms with Crippen LogP contribution in [0, 0.1) is 11.6 Å². The van der Waals surface area contributed by atoms with E-state index < -0.39 is 17.2 Å². The minimum Gasteiger partial charge on any atom is -0.384 e. The molecule has 0 aliphatic carbocycles. The molecule has 0 atom stereocenters. The third kappa shape index (κ3) is 3.61. The van der Waals surface area contributed by atoms with Gasteiger partial charge in [-0.05, 0) is 38.1 Å². The van der Waals surface area contributed by atoms with Crippen LogP contribution in [0.2, 0.25) is 0 Å². The van der Waals surface area contributed by atoms with Gasteiger partial charge in [0.1, 0.15) is 22.5 Å². The number of rotatable bonds is 4. The van der Waals surface area contributed by atoms with Gasteiger partial charge >= 0.3 is 0 Å². The van der Waals surface area contributed by atoms with E-state index >= 15 is 0 Å². The standard InChI is InChI=1S/C19H17F2N7O/c1-19(2,29)14-5-3-4-10(23-14)8-28-9-13(26-27-28)16-11-6-7-12(20)15(21)17(11)25-18(22)24-16/h3-7,9,29H,8H2,1-2H3,(H2,22,24,25). The molecule has 0 bridgehead atoms. The van der Waals surface area contributed by atoms with Gasteiger partial charge in [-0.25, -0.2) is 23.4 Å². The van der Waals surface area contributed by atoms with Gasteiger partial charge in [0.05, 0.1) is 24.1 Å². The molecule has 148 valence electrons. The summed E-state index contributed by atoms with van der Waals surface area (Å²) in [4.78, 5) is 12.3. The monoisotopic (exact) mass is 397 g/mol. The lowest BCUT2D eigenvalue weighted by atomic mass is 10.0. The summed E-state index contributed by atoms with van der Waals surface area (Å²) < 4.78 is 29.2. The SMILES string of the molecule is CC(C)(O)c1cccc(Cn2cc(-c3nc(N)nc4c(F)c(F)ccc34)nn2)n1. The van der Waals surface area contributed by atoms with Gasteiger partial charge in [-0.3, -0.25) is 4.98 Å². The highest BCUT2D eigenvalue weighted by molar-refractivity contribution is 5.92. The zero-order chi connectivity index (χ0) is 20.8. The van der Waals surface area contributed by atoms with Crippen molar-refractivity contribution in [2.24, 2.45) is 0 Å². The van der Waals surface area contributed by atoms with Gasteiger partial charge in [0.25, 0.3) is 0 Å². The van der Waals surface area contributed by atoms with Crippen molar-refractivity contribution in [2.75, 3.05) is 5.73 Å². The van der Waals surface area contributed by atoms with Crippen LogP contribution in [0.5, 0.6) is 0 Å². The van der Waals surface area contributed by atoms with Crippen LogP contribution in [0.1, 0.15) is 25.2 Å². The highest BCUT2D eigenvalue weighted by atomic mass is 19.2. The van der Waals surface area contributed by atoms with Crippen LogP contribution in [0.4, 0.5) is 14.7 Å². The number of hydrogen-bond donors (Lipinski definition) is 2. The lowest BCUT2D eigenvalue weighted by molar-refractivity contribution is 0.0736. The number of nitrogens with zero attached hydrogens (tertiary/aromatic N) is 6. The molecule has 0 unspecified atom stereocenters. The number of halogens is 2. The first-order valence-electron chi connectivity index (χ1n) is 8.73. The predicted octanol–water partition coefficient (Wildman–Crippen LogP) is 2.42. The van der Waals surface area contributed by atoms with E-state index in [9.17, 15) is 13.9 Å². The largest absolute Gasteiger partial charge is 0.384 e. The average Bonchev–Trinajstić information content (AvgIpc) is 3.12. The van der Waals surface area contributed by atoms with Crippen molar-refractivity contribution in [3.63, 3.8) is 0 Å². The lowest BCUT2D eigenvalue weighted by Gasteiger charge is -2.17. The van der Waals surface area contributed by atoms with E-state index in [1.54, 1.807) is 38.2 Å². The first kappa shape index (κ1) is 18.8. The van der Waals surface area contributed by atoms with E-state index in [0.717, 1.165) is 6.07 Å². The molecule has 0 fully saturated rings. The maximum Gasteiger partial charge on any atom is 0.221 e.